The highest BCUT2D eigenvalue weighted by atomic mass is 19.4. The number of hydrogen-bond donors (Lipinski definition) is 1. The third-order valence-electron chi connectivity index (χ3n) is 7.00. The minimum atomic E-state index is -4.25. The molecular weight excluding hydrogens is 395 g/mol. The normalized spacial score (nSPS) is 28.5. The van der Waals surface area contributed by atoms with Gasteiger partial charge in [0, 0.05) is 31.4 Å². The molecular formula is C22H28F3N3O2. The number of halogens is 3. The van der Waals surface area contributed by atoms with E-state index in [4.69, 9.17) is 0 Å². The summed E-state index contributed by atoms with van der Waals surface area (Å²) in [6, 6.07) is 0. The van der Waals surface area contributed by atoms with Crippen LogP contribution in [0.2, 0.25) is 0 Å². The van der Waals surface area contributed by atoms with Gasteiger partial charge in [-0.2, -0.15) is 13.2 Å². The largest absolute Gasteiger partial charge is 0.416 e. The Labute approximate surface area is 173 Å². The molecule has 3 atom stereocenters. The summed E-state index contributed by atoms with van der Waals surface area (Å²) in [4.78, 5) is 28.0. The molecule has 2 aliphatic carbocycles. The minimum Gasteiger partial charge on any atom is -0.302 e. The van der Waals surface area contributed by atoms with Crippen LogP contribution < -0.4 is 11.2 Å². The molecule has 8 heteroatoms. The first-order valence-electron chi connectivity index (χ1n) is 10.7. The summed E-state index contributed by atoms with van der Waals surface area (Å²) in [6.45, 7) is 5.27. The SMILES string of the molecule is Cc1cn(CCCCCN2C[C@@H]3C[C@]3([C@H]3C=CC(C(F)(F)F)=CC3)C2)c(=O)[nH]c1=O. The van der Waals surface area contributed by atoms with Gasteiger partial charge < -0.3 is 9.47 Å². The van der Waals surface area contributed by atoms with E-state index >= 15 is 0 Å². The number of aromatic amines is 1. The number of nitrogens with one attached hydrogen (secondary N) is 1. The molecule has 164 valence electrons. The fourth-order valence-electron chi connectivity index (χ4n) is 5.21. The van der Waals surface area contributed by atoms with Crippen molar-refractivity contribution in [3.63, 3.8) is 0 Å². The van der Waals surface area contributed by atoms with E-state index < -0.39 is 11.7 Å². The molecule has 2 heterocycles. The molecule has 1 aliphatic heterocycles. The zero-order valence-electron chi connectivity index (χ0n) is 17.2. The van der Waals surface area contributed by atoms with Crippen molar-refractivity contribution >= 4 is 0 Å². The lowest BCUT2D eigenvalue weighted by Crippen LogP contribution is -2.31. The number of rotatable bonds is 7. The number of unbranched alkanes of at least 4 members (excludes halogenated alkanes) is 2. The first-order valence-corrected chi connectivity index (χ1v) is 10.7. The van der Waals surface area contributed by atoms with Crippen LogP contribution in [0.25, 0.3) is 0 Å². The summed E-state index contributed by atoms with van der Waals surface area (Å²) in [5, 5.41) is 0. The van der Waals surface area contributed by atoms with Gasteiger partial charge >= 0.3 is 11.9 Å². The summed E-state index contributed by atoms with van der Waals surface area (Å²) < 4.78 is 40.0. The van der Waals surface area contributed by atoms with Gasteiger partial charge in [0.1, 0.15) is 0 Å². The molecule has 5 nitrogen and oxygen atoms in total. The summed E-state index contributed by atoms with van der Waals surface area (Å²) in [5.41, 5.74) is -0.513. The number of fused-ring (bicyclic) bond motifs is 1. The van der Waals surface area contributed by atoms with E-state index in [1.807, 2.05) is 0 Å². The number of hydrogen-bond acceptors (Lipinski definition) is 3. The number of nitrogens with zero attached hydrogens (tertiary/aromatic N) is 2. The van der Waals surface area contributed by atoms with Gasteiger partial charge in [0.2, 0.25) is 0 Å². The van der Waals surface area contributed by atoms with Crippen LogP contribution >= 0.6 is 0 Å². The van der Waals surface area contributed by atoms with Crippen LogP contribution in [0.5, 0.6) is 0 Å². The average molecular weight is 423 g/mol. The van der Waals surface area contributed by atoms with Crippen molar-refractivity contribution in [1.82, 2.24) is 14.5 Å². The Balaban J connectivity index is 1.20. The topological polar surface area (TPSA) is 58.1 Å². The maximum absolute atomic E-state index is 12.8. The summed E-state index contributed by atoms with van der Waals surface area (Å²) in [7, 11) is 0. The van der Waals surface area contributed by atoms with Crippen LogP contribution in [-0.4, -0.2) is 40.3 Å². The number of alkyl halides is 3. The van der Waals surface area contributed by atoms with Gasteiger partial charge in [0.15, 0.2) is 0 Å². The van der Waals surface area contributed by atoms with Gasteiger partial charge in [-0.3, -0.25) is 9.78 Å². The van der Waals surface area contributed by atoms with Gasteiger partial charge in [-0.05, 0) is 56.4 Å². The molecule has 30 heavy (non-hydrogen) atoms. The van der Waals surface area contributed by atoms with Crippen molar-refractivity contribution < 1.29 is 13.2 Å². The maximum Gasteiger partial charge on any atom is 0.416 e. The van der Waals surface area contributed by atoms with E-state index in [0.29, 0.717) is 24.4 Å². The van der Waals surface area contributed by atoms with Crippen molar-refractivity contribution in [2.24, 2.45) is 17.3 Å². The summed E-state index contributed by atoms with van der Waals surface area (Å²) >= 11 is 0. The van der Waals surface area contributed by atoms with Crippen LogP contribution in [0, 0.1) is 24.2 Å². The lowest BCUT2D eigenvalue weighted by atomic mass is 9.82. The smallest absolute Gasteiger partial charge is 0.302 e. The molecule has 1 saturated carbocycles. The van der Waals surface area contributed by atoms with E-state index in [0.717, 1.165) is 45.3 Å². The van der Waals surface area contributed by atoms with Gasteiger partial charge in [-0.25, -0.2) is 4.79 Å². The van der Waals surface area contributed by atoms with E-state index in [2.05, 4.69) is 9.88 Å². The fourth-order valence-corrected chi connectivity index (χ4v) is 5.21. The van der Waals surface area contributed by atoms with E-state index in [-0.39, 0.29) is 22.6 Å². The van der Waals surface area contributed by atoms with Gasteiger partial charge in [-0.15, -0.1) is 0 Å². The second-order valence-electron chi connectivity index (χ2n) is 9.05. The number of aromatic nitrogens is 2. The zero-order valence-corrected chi connectivity index (χ0v) is 17.2. The Kier molecular flexibility index (Phi) is 5.55. The first kappa shape index (κ1) is 21.2. The van der Waals surface area contributed by atoms with Gasteiger partial charge in [0.25, 0.3) is 5.56 Å². The highest BCUT2D eigenvalue weighted by Gasteiger charge is 2.62. The van der Waals surface area contributed by atoms with Crippen LogP contribution in [0.1, 0.15) is 37.7 Å². The number of piperidine rings is 1. The average Bonchev–Trinajstić information content (AvgIpc) is 3.26. The van der Waals surface area contributed by atoms with E-state index in [1.165, 1.54) is 12.2 Å². The Bertz CT molecular complexity index is 975. The monoisotopic (exact) mass is 423 g/mol. The van der Waals surface area contributed by atoms with E-state index in [9.17, 15) is 22.8 Å². The highest BCUT2D eigenvalue weighted by Crippen LogP contribution is 2.64. The molecule has 1 aromatic rings. The molecule has 2 fully saturated rings. The minimum absolute atomic E-state index is 0.172. The standard InChI is InChI=1S/C22H28F3N3O2/c1-15-12-28(20(30)26-19(15)29)10-4-2-3-9-27-13-18-11-21(18,14-27)16-5-7-17(8-6-16)22(23,24)25/h5,7-8,12,16,18H,2-4,6,9-11,13-14H2,1H3,(H,26,29,30)/t16-,18-,21+/m0/s1. The quantitative estimate of drug-likeness (QED) is 0.684. The van der Waals surface area contributed by atoms with Gasteiger partial charge in [0.05, 0.1) is 5.57 Å². The van der Waals surface area contributed by atoms with Crippen molar-refractivity contribution in [1.29, 1.82) is 0 Å². The molecule has 0 bridgehead atoms. The third-order valence-corrected chi connectivity index (χ3v) is 7.00. The van der Waals surface area contributed by atoms with Crippen LogP contribution in [0.15, 0.2) is 39.6 Å². The van der Waals surface area contributed by atoms with E-state index in [1.54, 1.807) is 23.8 Å². The Morgan fingerprint density at radius 3 is 2.67 bits per heavy atom. The number of allylic oxidation sites excluding steroid dienone is 4. The third kappa shape index (κ3) is 4.19. The van der Waals surface area contributed by atoms with Crippen molar-refractivity contribution in [3.05, 3.63) is 56.4 Å². The molecule has 0 radical (unpaired) electrons. The van der Waals surface area contributed by atoms with Crippen LogP contribution in [-0.2, 0) is 6.54 Å². The summed E-state index contributed by atoms with van der Waals surface area (Å²) in [5.74, 6) is 0.824. The van der Waals surface area contributed by atoms with Gasteiger partial charge in [-0.1, -0.05) is 24.6 Å². The highest BCUT2D eigenvalue weighted by molar-refractivity contribution is 5.31. The van der Waals surface area contributed by atoms with Crippen molar-refractivity contribution in [2.45, 2.75) is 51.7 Å². The lowest BCUT2D eigenvalue weighted by Gasteiger charge is -2.27. The lowest BCUT2D eigenvalue weighted by molar-refractivity contribution is -0.0888. The van der Waals surface area contributed by atoms with Crippen LogP contribution in [0.4, 0.5) is 13.2 Å². The number of likely N-dealkylation sites (tertiary alicyclic amines) is 1. The predicted molar refractivity (Wildman–Crippen MR) is 108 cm³/mol. The molecule has 4 rings (SSSR count). The fraction of sp³-hybridized carbons (Fsp3) is 0.636. The maximum atomic E-state index is 12.8. The molecule has 1 saturated heterocycles. The van der Waals surface area contributed by atoms with Crippen LogP contribution in [0.3, 0.4) is 0 Å². The van der Waals surface area contributed by atoms with Crippen molar-refractivity contribution in [3.8, 4) is 0 Å². The molecule has 0 amide bonds. The molecule has 1 N–H and O–H groups in total. The Morgan fingerprint density at radius 1 is 1.20 bits per heavy atom. The first-order chi connectivity index (χ1) is 14.2. The molecule has 0 unspecified atom stereocenters. The molecule has 0 spiro atoms. The molecule has 3 aliphatic rings. The second-order valence-corrected chi connectivity index (χ2v) is 9.05. The number of H-pyrrole nitrogens is 1. The molecule has 1 aromatic heterocycles. The van der Waals surface area contributed by atoms with Crippen molar-refractivity contribution in [2.75, 3.05) is 19.6 Å². The Hall–Kier alpha value is -2.09. The second kappa shape index (κ2) is 7.87. The molecule has 0 aromatic carbocycles. The predicted octanol–water partition coefficient (Wildman–Crippen LogP) is 3.40. The Morgan fingerprint density at radius 2 is 1.97 bits per heavy atom. The summed E-state index contributed by atoms with van der Waals surface area (Å²) in [6.07, 6.45) is 6.27. The zero-order chi connectivity index (χ0) is 21.5. The number of aryl methyl sites for hydroxylation is 2.